The highest BCUT2D eigenvalue weighted by molar-refractivity contribution is 6.05. The van der Waals surface area contributed by atoms with Gasteiger partial charge in [-0.15, -0.1) is 0 Å². The predicted octanol–water partition coefficient (Wildman–Crippen LogP) is 4.54. The number of furan rings is 1. The molecule has 0 saturated carbocycles. The van der Waals surface area contributed by atoms with E-state index < -0.39 is 11.9 Å². The molecular formula is C21H18O5. The lowest BCUT2D eigenvalue weighted by molar-refractivity contribution is -0.128. The molecule has 26 heavy (non-hydrogen) atoms. The minimum atomic E-state index is -0.508. The van der Waals surface area contributed by atoms with Gasteiger partial charge in [0, 0.05) is 11.5 Å². The van der Waals surface area contributed by atoms with E-state index in [1.54, 1.807) is 38.1 Å². The first-order valence-electron chi connectivity index (χ1n) is 8.23. The van der Waals surface area contributed by atoms with Crippen molar-refractivity contribution in [1.29, 1.82) is 0 Å². The molecule has 0 aliphatic rings. The van der Waals surface area contributed by atoms with Crippen LogP contribution in [0.5, 0.6) is 5.75 Å². The van der Waals surface area contributed by atoms with Crippen LogP contribution in [0.15, 0.2) is 59.0 Å². The van der Waals surface area contributed by atoms with Crippen molar-refractivity contribution in [2.75, 3.05) is 6.61 Å². The number of aryl methyl sites for hydroxylation is 1. The van der Waals surface area contributed by atoms with Crippen LogP contribution >= 0.6 is 0 Å². The van der Waals surface area contributed by atoms with Crippen LogP contribution in [0, 0.1) is 6.92 Å². The van der Waals surface area contributed by atoms with E-state index in [0.29, 0.717) is 28.0 Å². The summed E-state index contributed by atoms with van der Waals surface area (Å²) in [6, 6.07) is 14.3. The lowest BCUT2D eigenvalue weighted by Gasteiger charge is -2.03. The monoisotopic (exact) mass is 350 g/mol. The van der Waals surface area contributed by atoms with Gasteiger partial charge in [0.2, 0.25) is 0 Å². The fourth-order valence-corrected chi connectivity index (χ4v) is 2.60. The van der Waals surface area contributed by atoms with Gasteiger partial charge in [0.25, 0.3) is 0 Å². The van der Waals surface area contributed by atoms with Crippen LogP contribution < -0.4 is 4.74 Å². The topological polar surface area (TPSA) is 65.7 Å². The maximum absolute atomic E-state index is 12.1. The molecular weight excluding hydrogens is 332 g/mol. The van der Waals surface area contributed by atoms with Gasteiger partial charge >= 0.3 is 11.9 Å². The van der Waals surface area contributed by atoms with E-state index in [0.717, 1.165) is 5.56 Å². The Balaban J connectivity index is 1.82. The first-order valence-corrected chi connectivity index (χ1v) is 8.23. The Morgan fingerprint density at radius 1 is 1.12 bits per heavy atom. The fourth-order valence-electron chi connectivity index (χ4n) is 2.60. The second-order valence-electron chi connectivity index (χ2n) is 5.58. The molecule has 132 valence electrons. The summed E-state index contributed by atoms with van der Waals surface area (Å²) in [6.07, 6.45) is 3.03. The molecule has 0 bridgehead atoms. The molecule has 0 atom stereocenters. The van der Waals surface area contributed by atoms with Crippen LogP contribution in [0.4, 0.5) is 0 Å². The van der Waals surface area contributed by atoms with E-state index in [4.69, 9.17) is 13.9 Å². The Kier molecular flexibility index (Phi) is 5.17. The molecule has 5 nitrogen and oxygen atoms in total. The molecule has 1 aromatic heterocycles. The lowest BCUT2D eigenvalue weighted by atomic mass is 10.1. The Bertz CT molecular complexity index is 967. The molecule has 0 unspecified atom stereocenters. The van der Waals surface area contributed by atoms with Crippen LogP contribution in [0.1, 0.15) is 28.6 Å². The van der Waals surface area contributed by atoms with Crippen LogP contribution in [0.2, 0.25) is 0 Å². The van der Waals surface area contributed by atoms with E-state index in [1.165, 1.54) is 6.08 Å². The highest BCUT2D eigenvalue weighted by Crippen LogP contribution is 2.29. The van der Waals surface area contributed by atoms with Crippen molar-refractivity contribution in [3.8, 4) is 5.75 Å². The van der Waals surface area contributed by atoms with E-state index in [1.807, 2.05) is 30.3 Å². The molecule has 0 aliphatic heterocycles. The number of ether oxygens (including phenoxy) is 2. The molecule has 5 heteroatoms. The standard InChI is InChI=1S/C21H18O5/c1-3-24-21(23)20-14(2)25-18-11-10-16(13-17(18)20)26-19(22)12-9-15-7-5-4-6-8-15/h4-13H,3H2,1-2H3. The number of hydrogen-bond acceptors (Lipinski definition) is 5. The average molecular weight is 350 g/mol. The van der Waals surface area contributed by atoms with Crippen molar-refractivity contribution in [2.45, 2.75) is 13.8 Å². The van der Waals surface area contributed by atoms with Crippen LogP contribution in [-0.2, 0) is 9.53 Å². The number of hydrogen-bond donors (Lipinski definition) is 0. The number of carbonyl (C=O) groups excluding carboxylic acids is 2. The summed E-state index contributed by atoms with van der Waals surface area (Å²) >= 11 is 0. The van der Waals surface area contributed by atoms with Crippen molar-refractivity contribution in [1.82, 2.24) is 0 Å². The molecule has 0 aliphatic carbocycles. The quantitative estimate of drug-likeness (QED) is 0.384. The SMILES string of the molecule is CCOC(=O)c1c(C)oc2ccc(OC(=O)C=Cc3ccccc3)cc12. The Labute approximate surface area is 150 Å². The second kappa shape index (κ2) is 7.70. The molecule has 0 fully saturated rings. The summed E-state index contributed by atoms with van der Waals surface area (Å²) < 4.78 is 16.0. The zero-order valence-corrected chi connectivity index (χ0v) is 14.5. The van der Waals surface area contributed by atoms with Crippen LogP contribution in [-0.4, -0.2) is 18.5 Å². The third-order valence-corrected chi connectivity index (χ3v) is 3.74. The molecule has 2 aromatic carbocycles. The first kappa shape index (κ1) is 17.5. The van der Waals surface area contributed by atoms with Gasteiger partial charge in [0.15, 0.2) is 0 Å². The largest absolute Gasteiger partial charge is 0.462 e. The van der Waals surface area contributed by atoms with Crippen LogP contribution in [0.25, 0.3) is 17.0 Å². The highest BCUT2D eigenvalue weighted by atomic mass is 16.5. The highest BCUT2D eigenvalue weighted by Gasteiger charge is 2.20. The molecule has 0 saturated heterocycles. The van der Waals surface area contributed by atoms with Gasteiger partial charge in [0.05, 0.1) is 6.61 Å². The Morgan fingerprint density at radius 3 is 2.62 bits per heavy atom. The van der Waals surface area contributed by atoms with Gasteiger partial charge in [-0.2, -0.15) is 0 Å². The third kappa shape index (κ3) is 3.83. The average Bonchev–Trinajstić information content (AvgIpc) is 2.96. The molecule has 0 N–H and O–H groups in total. The summed E-state index contributed by atoms with van der Waals surface area (Å²) in [5, 5.41) is 0.554. The molecule has 3 aromatic rings. The molecule has 0 radical (unpaired) electrons. The van der Waals surface area contributed by atoms with Crippen LogP contribution in [0.3, 0.4) is 0 Å². The van der Waals surface area contributed by atoms with E-state index in [-0.39, 0.29) is 6.61 Å². The van der Waals surface area contributed by atoms with Crippen molar-refractivity contribution in [2.24, 2.45) is 0 Å². The van der Waals surface area contributed by atoms with E-state index in [9.17, 15) is 9.59 Å². The van der Waals surface area contributed by atoms with Crippen molar-refractivity contribution in [3.05, 3.63) is 71.5 Å². The normalized spacial score (nSPS) is 11.0. The summed E-state index contributed by atoms with van der Waals surface area (Å²) in [5.41, 5.74) is 1.78. The summed E-state index contributed by atoms with van der Waals surface area (Å²) in [4.78, 5) is 24.2. The maximum atomic E-state index is 12.1. The van der Waals surface area contributed by atoms with E-state index >= 15 is 0 Å². The number of benzene rings is 2. The molecule has 0 spiro atoms. The van der Waals surface area contributed by atoms with Gasteiger partial charge in [-0.05, 0) is 43.7 Å². The maximum Gasteiger partial charge on any atom is 0.342 e. The third-order valence-electron chi connectivity index (χ3n) is 3.74. The number of fused-ring (bicyclic) bond motifs is 1. The molecule has 0 amide bonds. The summed E-state index contributed by atoms with van der Waals surface area (Å²) in [6.45, 7) is 3.70. The number of rotatable bonds is 5. The van der Waals surface area contributed by atoms with Gasteiger partial charge in [-0.1, -0.05) is 30.3 Å². The molecule has 3 rings (SSSR count). The summed E-state index contributed by atoms with van der Waals surface area (Å²) in [5.74, 6) is -0.181. The van der Waals surface area contributed by atoms with Gasteiger partial charge < -0.3 is 13.9 Å². The van der Waals surface area contributed by atoms with Gasteiger partial charge in [-0.3, -0.25) is 0 Å². The zero-order valence-electron chi connectivity index (χ0n) is 14.5. The van der Waals surface area contributed by atoms with Crippen molar-refractivity contribution >= 4 is 29.0 Å². The minimum Gasteiger partial charge on any atom is -0.462 e. The number of carbonyl (C=O) groups is 2. The molecule has 1 heterocycles. The fraction of sp³-hybridized carbons (Fsp3) is 0.143. The van der Waals surface area contributed by atoms with Gasteiger partial charge in [0.1, 0.15) is 22.7 Å². The first-order chi connectivity index (χ1) is 12.6. The van der Waals surface area contributed by atoms with Crippen molar-refractivity contribution in [3.63, 3.8) is 0 Å². The zero-order chi connectivity index (χ0) is 18.5. The predicted molar refractivity (Wildman–Crippen MR) is 98.0 cm³/mol. The Morgan fingerprint density at radius 2 is 1.88 bits per heavy atom. The van der Waals surface area contributed by atoms with E-state index in [2.05, 4.69) is 0 Å². The second-order valence-corrected chi connectivity index (χ2v) is 5.58. The minimum absolute atomic E-state index is 0.268. The number of esters is 2. The summed E-state index contributed by atoms with van der Waals surface area (Å²) in [7, 11) is 0. The Hall–Kier alpha value is -3.34. The van der Waals surface area contributed by atoms with Crippen molar-refractivity contribution < 1.29 is 23.5 Å². The lowest BCUT2D eigenvalue weighted by Crippen LogP contribution is -2.06. The smallest absolute Gasteiger partial charge is 0.342 e. The van der Waals surface area contributed by atoms with Gasteiger partial charge in [-0.25, -0.2) is 9.59 Å².